The molecule has 0 radical (unpaired) electrons. The van der Waals surface area contributed by atoms with Crippen LogP contribution in [0.25, 0.3) is 22.3 Å². The summed E-state index contributed by atoms with van der Waals surface area (Å²) in [6, 6.07) is 14.8. The summed E-state index contributed by atoms with van der Waals surface area (Å²) in [5.41, 5.74) is 2.97. The van der Waals surface area contributed by atoms with Crippen molar-refractivity contribution in [3.63, 3.8) is 0 Å². The van der Waals surface area contributed by atoms with E-state index in [0.29, 0.717) is 22.3 Å². The summed E-state index contributed by atoms with van der Waals surface area (Å²) in [5.74, 6) is 0.729. The summed E-state index contributed by atoms with van der Waals surface area (Å²) in [6.45, 7) is 1.52. The molecule has 1 amide bonds. The molecule has 4 rings (SSSR count). The molecule has 0 spiro atoms. The normalized spacial score (nSPS) is 10.9. The van der Waals surface area contributed by atoms with Crippen LogP contribution in [0.15, 0.2) is 59.9 Å². The van der Waals surface area contributed by atoms with Crippen molar-refractivity contribution in [1.29, 1.82) is 0 Å². The number of fused-ring (bicyclic) bond motifs is 1. The molecule has 0 saturated carbocycles. The number of rotatable bonds is 6. The lowest BCUT2D eigenvalue weighted by Gasteiger charge is -2.07. The third-order valence-corrected chi connectivity index (χ3v) is 5.10. The van der Waals surface area contributed by atoms with Crippen molar-refractivity contribution >= 4 is 40.0 Å². The number of nitrogens with zero attached hydrogens (tertiary/aromatic N) is 2. The first-order valence-electron chi connectivity index (χ1n) is 8.63. The summed E-state index contributed by atoms with van der Waals surface area (Å²) in [5, 5.41) is 11.4. The molecule has 7 nitrogen and oxygen atoms in total. The number of aromatic amines is 2. The number of anilines is 1. The fraction of sp³-hybridized carbons (Fsp3) is 0.100. The molecule has 2 aromatic heterocycles. The highest BCUT2D eigenvalue weighted by molar-refractivity contribution is 7.99. The van der Waals surface area contributed by atoms with E-state index in [1.807, 2.05) is 36.5 Å². The zero-order valence-electron chi connectivity index (χ0n) is 15.0. The van der Waals surface area contributed by atoms with Gasteiger partial charge in [0.05, 0.1) is 11.4 Å². The summed E-state index contributed by atoms with van der Waals surface area (Å²) in [4.78, 5) is 31.3. The number of hydrogen-bond acceptors (Lipinski definition) is 5. The topological polar surface area (TPSA) is 104 Å². The van der Waals surface area contributed by atoms with Gasteiger partial charge in [0.15, 0.2) is 5.82 Å². The Balaban J connectivity index is 1.54. The van der Waals surface area contributed by atoms with Crippen LogP contribution < -0.4 is 5.32 Å². The largest absolute Gasteiger partial charge is 0.361 e. The van der Waals surface area contributed by atoms with E-state index in [0.717, 1.165) is 22.2 Å². The number of benzene rings is 2. The second-order valence-electron chi connectivity index (χ2n) is 6.24. The summed E-state index contributed by atoms with van der Waals surface area (Å²) in [6.07, 6.45) is 1.84. The zero-order chi connectivity index (χ0) is 19.5. The smallest absolute Gasteiger partial charge is 0.255 e. The molecule has 2 aromatic carbocycles. The number of nitrogens with one attached hydrogen (secondary N) is 3. The fourth-order valence-electron chi connectivity index (χ4n) is 2.80. The number of ketones is 1. The fourth-order valence-corrected chi connectivity index (χ4v) is 3.40. The molecule has 4 aromatic rings. The number of amides is 1. The van der Waals surface area contributed by atoms with Crippen molar-refractivity contribution < 1.29 is 9.59 Å². The Kier molecular flexibility index (Phi) is 4.94. The van der Waals surface area contributed by atoms with Gasteiger partial charge in [0.2, 0.25) is 5.16 Å². The molecular formula is C20H17N5O2S. The highest BCUT2D eigenvalue weighted by Crippen LogP contribution is 2.24. The van der Waals surface area contributed by atoms with Crippen LogP contribution in [0.1, 0.15) is 17.3 Å². The summed E-state index contributed by atoms with van der Waals surface area (Å²) in [7, 11) is 0. The molecule has 0 saturated heterocycles. The van der Waals surface area contributed by atoms with Crippen LogP contribution in [0, 0.1) is 0 Å². The third kappa shape index (κ3) is 3.81. The first-order valence-corrected chi connectivity index (χ1v) is 9.61. The van der Waals surface area contributed by atoms with Crippen LogP contribution in [-0.2, 0) is 4.79 Å². The number of aromatic nitrogens is 4. The molecule has 0 bridgehead atoms. The molecule has 28 heavy (non-hydrogen) atoms. The van der Waals surface area contributed by atoms with E-state index >= 15 is 0 Å². The average Bonchev–Trinajstić information content (AvgIpc) is 3.36. The lowest BCUT2D eigenvalue weighted by molar-refractivity contribution is -0.114. The predicted octanol–water partition coefficient (Wildman–Crippen LogP) is 3.89. The maximum absolute atomic E-state index is 12.7. The molecule has 0 atom stereocenters. The van der Waals surface area contributed by atoms with Crippen LogP contribution in [-0.4, -0.2) is 37.6 Å². The van der Waals surface area contributed by atoms with Crippen LogP contribution in [0.5, 0.6) is 0 Å². The van der Waals surface area contributed by atoms with E-state index in [1.54, 1.807) is 18.2 Å². The molecule has 3 N–H and O–H groups in total. The van der Waals surface area contributed by atoms with E-state index in [-0.39, 0.29) is 11.7 Å². The molecule has 0 aliphatic carbocycles. The lowest BCUT2D eigenvalue weighted by atomic mass is 10.1. The Hall–Kier alpha value is -3.39. The maximum atomic E-state index is 12.7. The Morgan fingerprint density at radius 1 is 1.14 bits per heavy atom. The quantitative estimate of drug-likeness (QED) is 0.433. The van der Waals surface area contributed by atoms with Crippen molar-refractivity contribution in [2.45, 2.75) is 12.1 Å². The Morgan fingerprint density at radius 2 is 2.00 bits per heavy atom. The summed E-state index contributed by atoms with van der Waals surface area (Å²) >= 11 is 1.27. The lowest BCUT2D eigenvalue weighted by Crippen LogP contribution is -2.12. The molecule has 2 heterocycles. The minimum atomic E-state index is -0.207. The van der Waals surface area contributed by atoms with Gasteiger partial charge in [-0.3, -0.25) is 14.7 Å². The SMILES string of the molecule is CC(=O)CSc1n[nH]c(-c2cccc(C(=O)Nc3cccc4[nH]ccc34)c2)n1. The van der Waals surface area contributed by atoms with Crippen molar-refractivity contribution in [2.24, 2.45) is 0 Å². The van der Waals surface area contributed by atoms with E-state index in [2.05, 4.69) is 25.5 Å². The van der Waals surface area contributed by atoms with E-state index < -0.39 is 0 Å². The van der Waals surface area contributed by atoms with Gasteiger partial charge in [-0.2, -0.15) is 0 Å². The van der Waals surface area contributed by atoms with Crippen LogP contribution in [0.3, 0.4) is 0 Å². The second kappa shape index (κ2) is 7.69. The van der Waals surface area contributed by atoms with Crippen molar-refractivity contribution in [3.8, 4) is 11.4 Å². The molecule has 0 aliphatic rings. The number of hydrogen-bond donors (Lipinski definition) is 3. The van der Waals surface area contributed by atoms with Crippen LogP contribution in [0.2, 0.25) is 0 Å². The number of carbonyl (C=O) groups excluding carboxylic acids is 2. The van der Waals surface area contributed by atoms with Gasteiger partial charge in [-0.1, -0.05) is 30.0 Å². The van der Waals surface area contributed by atoms with Crippen molar-refractivity contribution in [1.82, 2.24) is 20.2 Å². The van der Waals surface area contributed by atoms with Gasteiger partial charge >= 0.3 is 0 Å². The van der Waals surface area contributed by atoms with E-state index in [9.17, 15) is 9.59 Å². The van der Waals surface area contributed by atoms with E-state index in [1.165, 1.54) is 18.7 Å². The van der Waals surface area contributed by atoms with Crippen LogP contribution in [0.4, 0.5) is 5.69 Å². The standard InChI is InChI=1S/C20H17N5O2S/c1-12(26)11-28-20-23-18(24-25-20)13-4-2-5-14(10-13)19(27)22-17-7-3-6-16-15(17)8-9-21-16/h2-10,21H,11H2,1H3,(H,22,27)(H,23,24,25). The monoisotopic (exact) mass is 391 g/mol. The van der Waals surface area contributed by atoms with E-state index in [4.69, 9.17) is 0 Å². The minimum Gasteiger partial charge on any atom is -0.361 e. The van der Waals surface area contributed by atoms with Gasteiger partial charge in [-0.15, -0.1) is 5.10 Å². The number of thioether (sulfide) groups is 1. The molecule has 0 aliphatic heterocycles. The molecule has 8 heteroatoms. The van der Waals surface area contributed by atoms with Crippen molar-refractivity contribution in [2.75, 3.05) is 11.1 Å². The highest BCUT2D eigenvalue weighted by atomic mass is 32.2. The number of Topliss-reactive ketones (excluding diaryl/α,β-unsaturated/α-hetero) is 1. The first-order chi connectivity index (χ1) is 13.6. The number of carbonyl (C=O) groups is 2. The average molecular weight is 391 g/mol. The van der Waals surface area contributed by atoms with Gasteiger partial charge in [0, 0.05) is 28.2 Å². The maximum Gasteiger partial charge on any atom is 0.255 e. The minimum absolute atomic E-state index is 0.0625. The van der Waals surface area contributed by atoms with Gasteiger partial charge in [-0.05, 0) is 37.3 Å². The van der Waals surface area contributed by atoms with Gasteiger partial charge in [0.1, 0.15) is 5.78 Å². The van der Waals surface area contributed by atoms with Gasteiger partial charge in [0.25, 0.3) is 5.91 Å². The molecule has 0 unspecified atom stereocenters. The Bertz CT molecular complexity index is 1160. The Labute approximate surface area is 165 Å². The molecule has 0 fully saturated rings. The van der Waals surface area contributed by atoms with Crippen LogP contribution >= 0.6 is 11.8 Å². The zero-order valence-corrected chi connectivity index (χ0v) is 15.8. The third-order valence-electron chi connectivity index (χ3n) is 4.11. The van der Waals surface area contributed by atoms with Gasteiger partial charge in [-0.25, -0.2) is 4.98 Å². The second-order valence-corrected chi connectivity index (χ2v) is 7.18. The predicted molar refractivity (Wildman–Crippen MR) is 109 cm³/mol. The van der Waals surface area contributed by atoms with Gasteiger partial charge < -0.3 is 10.3 Å². The highest BCUT2D eigenvalue weighted by Gasteiger charge is 2.12. The first kappa shape index (κ1) is 18.0. The molecular weight excluding hydrogens is 374 g/mol. The van der Waals surface area contributed by atoms with Crippen molar-refractivity contribution in [3.05, 3.63) is 60.3 Å². The summed E-state index contributed by atoms with van der Waals surface area (Å²) < 4.78 is 0. The Morgan fingerprint density at radius 3 is 2.86 bits per heavy atom. The molecule has 140 valence electrons. The number of H-pyrrole nitrogens is 2.